The SMILES string of the molecule is COc1ccc(C(C)(C)c2ccc(Oc3ccc(S(=O)(=O)c4ccc(C)c(SOO[O-])c4)cc3S(=O)(=O)[O-])cc2)cc1.[Na+].[Na+]. The molecule has 0 atom stereocenters. The standard InChI is InChI=1S/C29H28O10S3.2Na/c1-19-5-14-24(17-27(19)40-39-38-30)41(31,32)25-15-16-26(28(18-25)42(33,34)35)37-23-12-8-21(9-13-23)29(2,3)20-6-10-22(36-4)11-7-20;;/h5-18,30H,1-4H3,(H,33,34,35);;/q;2*+1/p-2. The van der Waals surface area contributed by atoms with Crippen LogP contribution < -0.4 is 73.8 Å². The van der Waals surface area contributed by atoms with Gasteiger partial charge in [0.05, 0.1) is 33.8 Å². The fourth-order valence-corrected chi connectivity index (χ4v) is 6.76. The van der Waals surface area contributed by atoms with Crippen LogP contribution in [0.1, 0.15) is 30.5 Å². The van der Waals surface area contributed by atoms with Gasteiger partial charge in [0.25, 0.3) is 0 Å². The molecule has 0 heterocycles. The number of methoxy groups -OCH3 is 1. The quantitative estimate of drug-likeness (QED) is 0.0639. The molecule has 0 N–H and O–H groups in total. The molecule has 4 aromatic rings. The minimum atomic E-state index is -5.14. The first-order valence-electron chi connectivity index (χ1n) is 12.3. The summed E-state index contributed by atoms with van der Waals surface area (Å²) in [6, 6.07) is 21.6. The maximum absolute atomic E-state index is 13.3. The van der Waals surface area contributed by atoms with Crippen molar-refractivity contribution >= 4 is 32.0 Å². The van der Waals surface area contributed by atoms with E-state index in [1.165, 1.54) is 18.2 Å². The van der Waals surface area contributed by atoms with E-state index >= 15 is 0 Å². The summed E-state index contributed by atoms with van der Waals surface area (Å²) in [7, 11) is -7.83. The zero-order valence-electron chi connectivity index (χ0n) is 24.9. The zero-order chi connectivity index (χ0) is 30.7. The van der Waals surface area contributed by atoms with E-state index in [0.717, 1.165) is 35.1 Å². The third-order valence-electron chi connectivity index (χ3n) is 6.73. The molecule has 15 heteroatoms. The van der Waals surface area contributed by atoms with Crippen molar-refractivity contribution in [3.63, 3.8) is 0 Å². The van der Waals surface area contributed by atoms with Crippen LogP contribution in [0.4, 0.5) is 0 Å². The second-order valence-corrected chi connectivity index (χ2v) is 13.7. The number of hydrogen-bond acceptors (Lipinski definition) is 11. The summed E-state index contributed by atoms with van der Waals surface area (Å²) in [5, 5.41) is 13.5. The predicted octanol–water partition coefficient (Wildman–Crippen LogP) is -0.903. The Hall–Kier alpha value is -1.43. The molecular weight excluding hydrogens is 650 g/mol. The molecule has 10 nitrogen and oxygen atoms in total. The third-order valence-corrected chi connectivity index (χ3v) is 10.1. The molecule has 0 aliphatic rings. The summed E-state index contributed by atoms with van der Waals surface area (Å²) in [6.45, 7) is 5.76. The second-order valence-electron chi connectivity index (χ2n) is 9.69. The molecule has 0 amide bonds. The van der Waals surface area contributed by atoms with Crippen molar-refractivity contribution in [3.8, 4) is 17.2 Å². The maximum Gasteiger partial charge on any atom is 1.00 e. The van der Waals surface area contributed by atoms with E-state index in [0.29, 0.717) is 17.6 Å². The number of aryl methyl sites for hydroxylation is 1. The first-order chi connectivity index (χ1) is 19.8. The van der Waals surface area contributed by atoms with Crippen molar-refractivity contribution < 1.29 is 105 Å². The van der Waals surface area contributed by atoms with Gasteiger partial charge in [0.2, 0.25) is 9.84 Å². The molecule has 0 bridgehead atoms. The molecule has 0 aromatic heterocycles. The maximum atomic E-state index is 13.3. The zero-order valence-corrected chi connectivity index (χ0v) is 31.3. The van der Waals surface area contributed by atoms with Gasteiger partial charge in [-0.05, 0) is 78.2 Å². The Morgan fingerprint density at radius 1 is 0.750 bits per heavy atom. The van der Waals surface area contributed by atoms with Crippen molar-refractivity contribution in [2.75, 3.05) is 7.11 Å². The summed E-state index contributed by atoms with van der Waals surface area (Å²) in [4.78, 5) is -1.22. The van der Waals surface area contributed by atoms with Crippen LogP contribution in [0.5, 0.6) is 17.2 Å². The number of rotatable bonds is 11. The van der Waals surface area contributed by atoms with Crippen LogP contribution in [0.25, 0.3) is 0 Å². The average Bonchev–Trinajstić information content (AvgIpc) is 2.96. The van der Waals surface area contributed by atoms with E-state index in [1.807, 2.05) is 50.2 Å². The Kier molecular flexibility index (Phi) is 14.0. The molecule has 222 valence electrons. The summed E-state index contributed by atoms with van der Waals surface area (Å²) in [5.41, 5.74) is 2.20. The van der Waals surface area contributed by atoms with Gasteiger partial charge < -0.3 is 19.3 Å². The van der Waals surface area contributed by atoms with Gasteiger partial charge in [0.1, 0.15) is 27.4 Å². The summed E-state index contributed by atoms with van der Waals surface area (Å²) < 4.78 is 78.4. The van der Waals surface area contributed by atoms with Gasteiger partial charge >= 0.3 is 59.1 Å². The third kappa shape index (κ3) is 8.88. The molecule has 0 aliphatic heterocycles. The molecule has 0 spiro atoms. The number of ether oxygens (including phenoxy) is 2. The van der Waals surface area contributed by atoms with Crippen LogP contribution in [0.2, 0.25) is 0 Å². The van der Waals surface area contributed by atoms with Crippen molar-refractivity contribution in [2.45, 2.75) is 45.8 Å². The molecular formula is C29H26Na2O10S3. The van der Waals surface area contributed by atoms with Gasteiger partial charge in [0.15, 0.2) is 0 Å². The van der Waals surface area contributed by atoms with E-state index in [2.05, 4.69) is 9.37 Å². The van der Waals surface area contributed by atoms with Crippen LogP contribution in [0.15, 0.2) is 105 Å². The average molecular weight is 677 g/mol. The molecule has 0 saturated carbocycles. The molecule has 0 unspecified atom stereocenters. The first kappa shape index (κ1) is 38.8. The smallest absolute Gasteiger partial charge is 0.744 e. The van der Waals surface area contributed by atoms with E-state index in [-0.39, 0.29) is 85.8 Å². The van der Waals surface area contributed by atoms with Crippen LogP contribution in [-0.2, 0) is 34.7 Å². The van der Waals surface area contributed by atoms with Gasteiger partial charge in [-0.1, -0.05) is 44.2 Å². The van der Waals surface area contributed by atoms with Gasteiger partial charge in [0, 0.05) is 10.3 Å². The normalized spacial score (nSPS) is 11.7. The van der Waals surface area contributed by atoms with Crippen molar-refractivity contribution in [3.05, 3.63) is 102 Å². The van der Waals surface area contributed by atoms with E-state index in [4.69, 9.17) is 9.47 Å². The van der Waals surface area contributed by atoms with Crippen LogP contribution >= 0.6 is 12.0 Å². The minimum Gasteiger partial charge on any atom is -0.744 e. The Bertz CT molecular complexity index is 1790. The van der Waals surface area contributed by atoms with Crippen molar-refractivity contribution in [1.29, 1.82) is 0 Å². The molecule has 0 aliphatic carbocycles. The Balaban J connectivity index is 0.00000337. The number of benzene rings is 4. The van der Waals surface area contributed by atoms with Gasteiger partial charge in [-0.15, -0.1) is 0 Å². The largest absolute Gasteiger partial charge is 1.00 e. The fourth-order valence-electron chi connectivity index (χ4n) is 4.20. The molecule has 0 saturated heterocycles. The summed E-state index contributed by atoms with van der Waals surface area (Å²) >= 11 is 0.516. The van der Waals surface area contributed by atoms with Crippen molar-refractivity contribution in [1.82, 2.24) is 0 Å². The number of sulfone groups is 1. The van der Waals surface area contributed by atoms with Gasteiger partial charge in [-0.3, -0.25) is 5.04 Å². The minimum absolute atomic E-state index is 0. The Morgan fingerprint density at radius 2 is 1.27 bits per heavy atom. The molecule has 0 fully saturated rings. The Labute approximate surface area is 305 Å². The summed E-state index contributed by atoms with van der Waals surface area (Å²) in [6.07, 6.45) is 0. The molecule has 4 aromatic carbocycles. The van der Waals surface area contributed by atoms with Crippen LogP contribution in [0, 0.1) is 6.92 Å². The van der Waals surface area contributed by atoms with Crippen LogP contribution in [0.3, 0.4) is 0 Å². The predicted molar refractivity (Wildman–Crippen MR) is 151 cm³/mol. The summed E-state index contributed by atoms with van der Waals surface area (Å²) in [5.74, 6) is 0.655. The van der Waals surface area contributed by atoms with E-state index in [9.17, 15) is 26.6 Å². The molecule has 4 rings (SSSR count). The van der Waals surface area contributed by atoms with Crippen LogP contribution in [-0.4, -0.2) is 28.5 Å². The van der Waals surface area contributed by atoms with Gasteiger partial charge in [-0.25, -0.2) is 16.8 Å². The van der Waals surface area contributed by atoms with Crippen molar-refractivity contribution in [2.24, 2.45) is 0 Å². The number of hydrogen-bond donors (Lipinski definition) is 0. The Morgan fingerprint density at radius 3 is 1.80 bits per heavy atom. The molecule has 0 radical (unpaired) electrons. The van der Waals surface area contributed by atoms with Gasteiger partial charge in [-0.2, -0.15) is 4.33 Å². The fraction of sp³-hybridized carbons (Fsp3) is 0.172. The van der Waals surface area contributed by atoms with E-state index in [1.54, 1.807) is 26.2 Å². The topological polar surface area (TPSA) is 151 Å². The second kappa shape index (κ2) is 15.9. The molecule has 44 heavy (non-hydrogen) atoms. The monoisotopic (exact) mass is 676 g/mol. The first-order valence-corrected chi connectivity index (χ1v) is 15.9. The van der Waals surface area contributed by atoms with E-state index < -0.39 is 29.7 Å².